The first-order valence-electron chi connectivity index (χ1n) is 14.0. The molecule has 0 bridgehead atoms. The van der Waals surface area contributed by atoms with Gasteiger partial charge in [0.05, 0.1) is 36.9 Å². The van der Waals surface area contributed by atoms with E-state index in [1.54, 1.807) is 6.20 Å². The van der Waals surface area contributed by atoms with E-state index in [1.807, 2.05) is 79.0 Å². The summed E-state index contributed by atoms with van der Waals surface area (Å²) in [4.78, 5) is 20.7. The van der Waals surface area contributed by atoms with Crippen LogP contribution in [-0.4, -0.2) is 53.9 Å². The van der Waals surface area contributed by atoms with E-state index in [4.69, 9.17) is 25.5 Å². The van der Waals surface area contributed by atoms with Gasteiger partial charge in [-0.2, -0.15) is 0 Å². The molecule has 0 atom stereocenters. The number of halogens is 1. The fraction of sp³-hybridized carbons (Fsp3) is 0.273. The van der Waals surface area contributed by atoms with Gasteiger partial charge in [0.2, 0.25) is 11.3 Å². The monoisotopic (exact) mass is 569 g/mol. The van der Waals surface area contributed by atoms with Gasteiger partial charge in [-0.3, -0.25) is 9.69 Å². The summed E-state index contributed by atoms with van der Waals surface area (Å²) >= 11 is 6.12. The lowest BCUT2D eigenvalue weighted by molar-refractivity contribution is 0.0358. The van der Waals surface area contributed by atoms with Gasteiger partial charge in [0.1, 0.15) is 17.1 Å². The minimum absolute atomic E-state index is 0.140. The molecule has 210 valence electrons. The van der Waals surface area contributed by atoms with Gasteiger partial charge in [0.25, 0.3) is 0 Å². The quantitative estimate of drug-likeness (QED) is 0.191. The second-order valence-electron chi connectivity index (χ2n) is 10.3. The SMILES string of the molecule is O=c1c(-c2ncc(Cc3ccccc3)o2)cn(Cc2ccc(Cl)cc2)c2ccc(OCCCN3CCOCC3)cc12. The summed E-state index contributed by atoms with van der Waals surface area (Å²) in [6, 6.07) is 23.5. The van der Waals surface area contributed by atoms with Crippen LogP contribution in [0.2, 0.25) is 5.02 Å². The number of rotatable bonds is 10. The third-order valence-corrected chi connectivity index (χ3v) is 7.57. The molecule has 1 fully saturated rings. The zero-order valence-electron chi connectivity index (χ0n) is 22.8. The Kier molecular flexibility index (Phi) is 8.46. The predicted octanol–water partition coefficient (Wildman–Crippen LogP) is 6.05. The first-order chi connectivity index (χ1) is 20.1. The van der Waals surface area contributed by atoms with Gasteiger partial charge in [-0.05, 0) is 47.9 Å². The number of ether oxygens (including phenoxy) is 2. The van der Waals surface area contributed by atoms with E-state index in [1.165, 1.54) is 0 Å². The van der Waals surface area contributed by atoms with E-state index in [0.717, 1.165) is 55.9 Å². The fourth-order valence-electron chi connectivity index (χ4n) is 5.15. The highest BCUT2D eigenvalue weighted by Gasteiger charge is 2.17. The van der Waals surface area contributed by atoms with E-state index >= 15 is 0 Å². The van der Waals surface area contributed by atoms with Crippen LogP contribution in [0, 0.1) is 0 Å². The molecule has 1 saturated heterocycles. The number of pyridine rings is 1. The zero-order valence-corrected chi connectivity index (χ0v) is 23.6. The lowest BCUT2D eigenvalue weighted by atomic mass is 10.1. The molecule has 0 saturated carbocycles. The molecule has 7 nitrogen and oxygen atoms in total. The minimum atomic E-state index is -0.140. The Morgan fingerprint density at radius 2 is 1.76 bits per heavy atom. The van der Waals surface area contributed by atoms with Crippen molar-refractivity contribution >= 4 is 22.5 Å². The van der Waals surface area contributed by atoms with E-state index in [-0.39, 0.29) is 5.43 Å². The first kappa shape index (κ1) is 27.3. The molecule has 0 N–H and O–H groups in total. The summed E-state index contributed by atoms with van der Waals surface area (Å²) in [6.45, 7) is 5.58. The van der Waals surface area contributed by atoms with Crippen molar-refractivity contribution in [3.63, 3.8) is 0 Å². The minimum Gasteiger partial charge on any atom is -0.494 e. The van der Waals surface area contributed by atoms with Crippen molar-refractivity contribution in [1.29, 1.82) is 0 Å². The van der Waals surface area contributed by atoms with Gasteiger partial charge in [-0.1, -0.05) is 54.1 Å². The highest BCUT2D eigenvalue weighted by molar-refractivity contribution is 6.30. The maximum Gasteiger partial charge on any atom is 0.231 e. The molecule has 0 unspecified atom stereocenters. The predicted molar refractivity (Wildman–Crippen MR) is 161 cm³/mol. The number of oxazole rings is 1. The molecule has 3 aromatic carbocycles. The summed E-state index contributed by atoms with van der Waals surface area (Å²) in [5.41, 5.74) is 3.26. The Morgan fingerprint density at radius 1 is 0.951 bits per heavy atom. The first-order valence-corrected chi connectivity index (χ1v) is 14.3. The highest BCUT2D eigenvalue weighted by Crippen LogP contribution is 2.25. The van der Waals surface area contributed by atoms with Crippen molar-refractivity contribution in [3.8, 4) is 17.2 Å². The van der Waals surface area contributed by atoms with Crippen LogP contribution in [0.4, 0.5) is 0 Å². The van der Waals surface area contributed by atoms with Crippen molar-refractivity contribution < 1.29 is 13.9 Å². The Hall–Kier alpha value is -3.91. The average Bonchev–Trinajstić information content (AvgIpc) is 3.47. The smallest absolute Gasteiger partial charge is 0.231 e. The lowest BCUT2D eigenvalue weighted by Crippen LogP contribution is -2.37. The van der Waals surface area contributed by atoms with Gasteiger partial charge >= 0.3 is 0 Å². The standard InChI is InChI=1S/C33H32ClN3O4/c34-26-9-7-25(8-10-26)22-37-23-30(33-35-21-28(41-33)19-24-5-2-1-3-6-24)32(38)29-20-27(11-12-31(29)37)40-16-4-13-36-14-17-39-18-15-36/h1-3,5-12,20-21,23H,4,13-19,22H2. The van der Waals surface area contributed by atoms with Gasteiger partial charge in [0, 0.05) is 43.8 Å². The van der Waals surface area contributed by atoms with Crippen LogP contribution in [0.5, 0.6) is 5.75 Å². The van der Waals surface area contributed by atoms with E-state index in [9.17, 15) is 4.79 Å². The van der Waals surface area contributed by atoms with Gasteiger partial charge in [-0.25, -0.2) is 4.98 Å². The number of hydrogen-bond acceptors (Lipinski definition) is 6. The number of nitrogens with zero attached hydrogens (tertiary/aromatic N) is 3. The molecule has 41 heavy (non-hydrogen) atoms. The van der Waals surface area contributed by atoms with Crippen LogP contribution in [-0.2, 0) is 17.7 Å². The summed E-state index contributed by atoms with van der Waals surface area (Å²) in [7, 11) is 0. The second kappa shape index (κ2) is 12.7. The third kappa shape index (κ3) is 6.70. The van der Waals surface area contributed by atoms with Crippen LogP contribution in [0.25, 0.3) is 22.4 Å². The van der Waals surface area contributed by atoms with Crippen LogP contribution < -0.4 is 10.2 Å². The number of hydrogen-bond donors (Lipinski definition) is 0. The Bertz CT molecular complexity index is 1660. The number of morpholine rings is 1. The van der Waals surface area contributed by atoms with Crippen molar-refractivity contribution in [1.82, 2.24) is 14.5 Å². The molecule has 6 rings (SSSR count). The maximum absolute atomic E-state index is 13.8. The van der Waals surface area contributed by atoms with Gasteiger partial charge in [0.15, 0.2) is 0 Å². The molecule has 1 aliphatic rings. The van der Waals surface area contributed by atoms with Crippen LogP contribution >= 0.6 is 11.6 Å². The van der Waals surface area contributed by atoms with Gasteiger partial charge in [-0.15, -0.1) is 0 Å². The topological polar surface area (TPSA) is 69.7 Å². The molecule has 1 aliphatic heterocycles. The van der Waals surface area contributed by atoms with E-state index in [2.05, 4.69) is 14.5 Å². The Balaban J connectivity index is 1.29. The number of benzene rings is 3. The zero-order chi connectivity index (χ0) is 28.0. The summed E-state index contributed by atoms with van der Waals surface area (Å²) in [5, 5.41) is 1.24. The largest absolute Gasteiger partial charge is 0.494 e. The second-order valence-corrected chi connectivity index (χ2v) is 10.7. The molecule has 8 heteroatoms. The molecule has 0 radical (unpaired) electrons. The highest BCUT2D eigenvalue weighted by atomic mass is 35.5. The normalized spacial score (nSPS) is 14.0. The molecule has 0 aliphatic carbocycles. The molecule has 0 spiro atoms. The number of aromatic nitrogens is 2. The molecule has 3 heterocycles. The molecule has 0 amide bonds. The van der Waals surface area contributed by atoms with Crippen LogP contribution in [0.15, 0.2) is 94.4 Å². The molecule has 5 aromatic rings. The van der Waals surface area contributed by atoms with E-state index in [0.29, 0.717) is 52.9 Å². The van der Waals surface area contributed by atoms with Crippen LogP contribution in [0.1, 0.15) is 23.3 Å². The van der Waals surface area contributed by atoms with E-state index < -0.39 is 0 Å². The Labute approximate surface area is 243 Å². The van der Waals surface area contributed by atoms with Crippen LogP contribution in [0.3, 0.4) is 0 Å². The Morgan fingerprint density at radius 3 is 2.56 bits per heavy atom. The third-order valence-electron chi connectivity index (χ3n) is 7.31. The molecular formula is C33H32ClN3O4. The van der Waals surface area contributed by atoms with Gasteiger partial charge < -0.3 is 18.5 Å². The fourth-order valence-corrected chi connectivity index (χ4v) is 5.28. The molecule has 2 aromatic heterocycles. The summed E-state index contributed by atoms with van der Waals surface area (Å²) in [5.74, 6) is 1.68. The lowest BCUT2D eigenvalue weighted by Gasteiger charge is -2.26. The average molecular weight is 570 g/mol. The van der Waals surface area contributed by atoms with Crippen molar-refractivity contribution in [2.24, 2.45) is 0 Å². The summed E-state index contributed by atoms with van der Waals surface area (Å²) < 4.78 is 19.7. The molecular weight excluding hydrogens is 538 g/mol. The maximum atomic E-state index is 13.8. The summed E-state index contributed by atoms with van der Waals surface area (Å²) in [6.07, 6.45) is 5.03. The van der Waals surface area contributed by atoms with Crippen molar-refractivity contribution in [2.75, 3.05) is 39.5 Å². The van der Waals surface area contributed by atoms with Crippen molar-refractivity contribution in [2.45, 2.75) is 19.4 Å². The van der Waals surface area contributed by atoms with Crippen molar-refractivity contribution in [3.05, 3.63) is 117 Å². The number of fused-ring (bicyclic) bond motifs is 1.